The van der Waals surface area contributed by atoms with Crippen LogP contribution in [0.15, 0.2) is 0 Å². The molecule has 3 unspecified atom stereocenters. The van der Waals surface area contributed by atoms with Crippen molar-refractivity contribution < 1.29 is 24.3 Å². The Balaban J connectivity index is 5.10. The van der Waals surface area contributed by atoms with Gasteiger partial charge in [-0.2, -0.15) is 11.8 Å². The van der Waals surface area contributed by atoms with Crippen LogP contribution < -0.4 is 16.0 Å². The number of thioether (sulfide) groups is 1. The van der Waals surface area contributed by atoms with E-state index < -0.39 is 36.5 Å². The van der Waals surface area contributed by atoms with Gasteiger partial charge in [0.1, 0.15) is 18.1 Å². The topological polar surface area (TPSA) is 125 Å². The predicted octanol–water partition coefficient (Wildman–Crippen LogP) is -0.159. The van der Waals surface area contributed by atoms with E-state index in [1.807, 2.05) is 20.1 Å². The molecule has 0 radical (unpaired) electrons. The fourth-order valence-corrected chi connectivity index (χ4v) is 2.80. The van der Waals surface area contributed by atoms with Crippen LogP contribution in [0.25, 0.3) is 0 Å². The van der Waals surface area contributed by atoms with Crippen LogP contribution >= 0.6 is 11.8 Å². The first-order valence-electron chi connectivity index (χ1n) is 8.73. The molecule has 0 rings (SSSR count). The summed E-state index contributed by atoms with van der Waals surface area (Å²) in [6, 6.07) is -2.57. The molecule has 0 fully saturated rings. The fourth-order valence-electron chi connectivity index (χ4n) is 2.33. The Labute approximate surface area is 159 Å². The summed E-state index contributed by atoms with van der Waals surface area (Å²) in [5.41, 5.74) is 0. The van der Waals surface area contributed by atoms with Crippen molar-refractivity contribution in [2.24, 2.45) is 5.92 Å². The van der Waals surface area contributed by atoms with Crippen molar-refractivity contribution in [1.29, 1.82) is 0 Å². The first-order valence-corrected chi connectivity index (χ1v) is 10.1. The first kappa shape index (κ1) is 24.4. The lowest BCUT2D eigenvalue weighted by atomic mass is 10.0. The molecule has 9 heteroatoms. The number of hydrogen-bond donors (Lipinski definition) is 4. The second-order valence-electron chi connectivity index (χ2n) is 6.37. The van der Waals surface area contributed by atoms with Gasteiger partial charge in [0.25, 0.3) is 0 Å². The number of aliphatic hydroxyl groups excluding tert-OH is 1. The highest BCUT2D eigenvalue weighted by atomic mass is 32.2. The third-order valence-electron chi connectivity index (χ3n) is 3.77. The molecule has 0 aliphatic carbocycles. The summed E-state index contributed by atoms with van der Waals surface area (Å²) in [6.07, 6.45) is 3.35. The molecule has 0 saturated heterocycles. The Bertz CT molecular complexity index is 473. The molecule has 4 N–H and O–H groups in total. The molecule has 0 aromatic carbocycles. The van der Waals surface area contributed by atoms with Gasteiger partial charge in [0.05, 0.1) is 6.61 Å². The van der Waals surface area contributed by atoms with Crippen molar-refractivity contribution in [2.75, 3.05) is 18.6 Å². The maximum Gasteiger partial charge on any atom is 0.243 e. The molecular weight excluding hydrogens is 358 g/mol. The summed E-state index contributed by atoms with van der Waals surface area (Å²) in [6.45, 7) is 4.96. The second-order valence-corrected chi connectivity index (χ2v) is 7.36. The van der Waals surface area contributed by atoms with E-state index >= 15 is 0 Å². The SMILES string of the molecule is CCC(=O)C(CO)NC(=O)C(CC(C)C)NC(=O)C(CCSC)NC=O. The molecule has 8 nitrogen and oxygen atoms in total. The molecule has 3 amide bonds. The van der Waals surface area contributed by atoms with Gasteiger partial charge >= 0.3 is 0 Å². The maximum atomic E-state index is 12.5. The minimum Gasteiger partial charge on any atom is -0.394 e. The summed E-state index contributed by atoms with van der Waals surface area (Å²) < 4.78 is 0. The van der Waals surface area contributed by atoms with Crippen molar-refractivity contribution in [3.63, 3.8) is 0 Å². The number of ketones is 1. The number of aliphatic hydroxyl groups is 1. The number of carbonyl (C=O) groups excluding carboxylic acids is 4. The zero-order chi connectivity index (χ0) is 20.1. The molecule has 3 atom stereocenters. The van der Waals surface area contributed by atoms with Gasteiger partial charge in [-0.25, -0.2) is 0 Å². The predicted molar refractivity (Wildman–Crippen MR) is 102 cm³/mol. The molecule has 0 spiro atoms. The summed E-state index contributed by atoms with van der Waals surface area (Å²) >= 11 is 1.55. The van der Waals surface area contributed by atoms with E-state index in [0.29, 0.717) is 25.0 Å². The molecule has 0 aliphatic heterocycles. The second kappa shape index (κ2) is 13.6. The molecule has 26 heavy (non-hydrogen) atoms. The van der Waals surface area contributed by atoms with Gasteiger partial charge in [0, 0.05) is 6.42 Å². The zero-order valence-electron chi connectivity index (χ0n) is 15.9. The third kappa shape index (κ3) is 9.19. The molecule has 0 heterocycles. The van der Waals surface area contributed by atoms with Crippen LogP contribution in [0, 0.1) is 5.92 Å². The summed E-state index contributed by atoms with van der Waals surface area (Å²) in [5, 5.41) is 16.9. The average molecular weight is 390 g/mol. The van der Waals surface area contributed by atoms with Crippen LogP contribution in [0.2, 0.25) is 0 Å². The largest absolute Gasteiger partial charge is 0.394 e. The van der Waals surface area contributed by atoms with Gasteiger partial charge in [-0.1, -0.05) is 20.8 Å². The number of Topliss-reactive ketones (excluding diaryl/α,β-unsaturated/α-hetero) is 1. The molecular formula is C17H31N3O5S. The van der Waals surface area contributed by atoms with Crippen molar-refractivity contribution >= 4 is 35.8 Å². The minimum absolute atomic E-state index is 0.115. The lowest BCUT2D eigenvalue weighted by molar-refractivity contribution is -0.133. The molecule has 0 bridgehead atoms. The van der Waals surface area contributed by atoms with E-state index in [9.17, 15) is 24.3 Å². The van der Waals surface area contributed by atoms with Crippen molar-refractivity contribution in [2.45, 2.75) is 58.2 Å². The quantitative estimate of drug-likeness (QED) is 0.306. The Hall–Kier alpha value is -1.61. The highest BCUT2D eigenvalue weighted by molar-refractivity contribution is 7.98. The van der Waals surface area contributed by atoms with Gasteiger partial charge in [-0.3, -0.25) is 19.2 Å². The zero-order valence-corrected chi connectivity index (χ0v) is 16.7. The number of nitrogens with one attached hydrogen (secondary N) is 3. The average Bonchev–Trinajstić information content (AvgIpc) is 2.61. The molecule has 0 aromatic heterocycles. The van der Waals surface area contributed by atoms with Gasteiger partial charge < -0.3 is 21.1 Å². The Morgan fingerprint density at radius 3 is 2.12 bits per heavy atom. The Kier molecular flexibility index (Phi) is 12.7. The number of hydrogen-bond acceptors (Lipinski definition) is 6. The maximum absolute atomic E-state index is 12.5. The van der Waals surface area contributed by atoms with Crippen LogP contribution in [-0.4, -0.2) is 65.9 Å². The summed E-state index contributed by atoms with van der Waals surface area (Å²) in [5.74, 6) is -0.463. The van der Waals surface area contributed by atoms with E-state index in [0.717, 1.165) is 0 Å². The third-order valence-corrected chi connectivity index (χ3v) is 4.42. The van der Waals surface area contributed by atoms with Crippen LogP contribution in [0.1, 0.15) is 40.0 Å². The van der Waals surface area contributed by atoms with Gasteiger partial charge in [0.2, 0.25) is 18.2 Å². The van der Waals surface area contributed by atoms with Crippen molar-refractivity contribution in [3.8, 4) is 0 Å². The summed E-state index contributed by atoms with van der Waals surface area (Å²) in [4.78, 5) is 47.4. The molecule has 0 aromatic rings. The number of amides is 3. The van der Waals surface area contributed by atoms with Gasteiger partial charge in [-0.05, 0) is 30.8 Å². The standard InChI is InChI=1S/C17H31N3O5S/c1-5-15(23)14(9-21)20-17(25)13(8-11(2)3)19-16(24)12(18-10-22)6-7-26-4/h10-14,21H,5-9H2,1-4H3,(H,18,22)(H,19,24)(H,20,25). The van der Waals surface area contributed by atoms with E-state index in [1.165, 1.54) is 0 Å². The molecule has 150 valence electrons. The van der Waals surface area contributed by atoms with E-state index in [2.05, 4.69) is 16.0 Å². The van der Waals surface area contributed by atoms with Crippen LogP contribution in [0.4, 0.5) is 0 Å². The Morgan fingerprint density at radius 2 is 1.65 bits per heavy atom. The van der Waals surface area contributed by atoms with Crippen molar-refractivity contribution in [1.82, 2.24) is 16.0 Å². The van der Waals surface area contributed by atoms with E-state index in [1.54, 1.807) is 18.7 Å². The highest BCUT2D eigenvalue weighted by Crippen LogP contribution is 2.08. The smallest absolute Gasteiger partial charge is 0.243 e. The van der Waals surface area contributed by atoms with Crippen LogP contribution in [-0.2, 0) is 19.2 Å². The number of carbonyl (C=O) groups is 4. The van der Waals surface area contributed by atoms with Crippen LogP contribution in [0.3, 0.4) is 0 Å². The number of rotatable bonds is 14. The summed E-state index contributed by atoms with van der Waals surface area (Å²) in [7, 11) is 0. The monoisotopic (exact) mass is 389 g/mol. The fraction of sp³-hybridized carbons (Fsp3) is 0.765. The molecule has 0 aliphatic rings. The van der Waals surface area contributed by atoms with Gasteiger partial charge in [0.15, 0.2) is 5.78 Å². The van der Waals surface area contributed by atoms with Crippen LogP contribution in [0.5, 0.6) is 0 Å². The van der Waals surface area contributed by atoms with Crippen molar-refractivity contribution in [3.05, 3.63) is 0 Å². The highest BCUT2D eigenvalue weighted by Gasteiger charge is 2.28. The lowest BCUT2D eigenvalue weighted by Gasteiger charge is -2.25. The molecule has 0 saturated carbocycles. The van der Waals surface area contributed by atoms with E-state index in [4.69, 9.17) is 0 Å². The van der Waals surface area contributed by atoms with E-state index in [-0.39, 0.29) is 18.1 Å². The lowest BCUT2D eigenvalue weighted by Crippen LogP contribution is -2.56. The minimum atomic E-state index is -0.987. The first-order chi connectivity index (χ1) is 12.3. The van der Waals surface area contributed by atoms with Gasteiger partial charge in [-0.15, -0.1) is 0 Å². The Morgan fingerprint density at radius 1 is 1.08 bits per heavy atom. The normalized spacial score (nSPS) is 14.2.